The number of carboxylic acids is 1. The second-order valence-electron chi connectivity index (χ2n) is 5.53. The number of ether oxygens (including phenoxy) is 1. The zero-order valence-corrected chi connectivity index (χ0v) is 15.2. The number of amides is 1. The molecule has 0 spiro atoms. The summed E-state index contributed by atoms with van der Waals surface area (Å²) < 4.78 is 53.3. The number of Topliss-reactive ketones (excluding diaryl/α,β-unsaturated/α-hetero) is 1. The van der Waals surface area contributed by atoms with E-state index in [1.165, 1.54) is 31.2 Å². The Morgan fingerprint density at radius 2 is 1.85 bits per heavy atom. The van der Waals surface area contributed by atoms with Crippen LogP contribution < -0.4 is 10.1 Å². The summed E-state index contributed by atoms with van der Waals surface area (Å²) in [4.78, 5) is 33.8. The Balaban J connectivity index is 2.70. The third-order valence-electron chi connectivity index (χ3n) is 3.47. The molecule has 8 nitrogen and oxygen atoms in total. The van der Waals surface area contributed by atoms with Crippen molar-refractivity contribution in [3.8, 4) is 5.75 Å². The summed E-state index contributed by atoms with van der Waals surface area (Å²) in [6.45, 7) is -1.62. The number of hydrogen-bond acceptors (Lipinski definition) is 6. The van der Waals surface area contributed by atoms with E-state index < -0.39 is 58.1 Å². The lowest BCUT2D eigenvalue weighted by Gasteiger charge is -2.14. The van der Waals surface area contributed by atoms with Gasteiger partial charge in [-0.3, -0.25) is 9.59 Å². The maximum absolute atomic E-state index is 12.4. The van der Waals surface area contributed by atoms with Crippen LogP contribution in [0.2, 0.25) is 0 Å². The molecule has 0 fully saturated rings. The second kappa shape index (κ2) is 9.95. The largest absolute Gasteiger partial charge is 0.475 e. The molecule has 0 saturated heterocycles. The number of aliphatic carboxylic acids is 1. The lowest BCUT2D eigenvalue weighted by Crippen LogP contribution is -2.43. The van der Waals surface area contributed by atoms with Gasteiger partial charge in [0, 0.05) is 12.0 Å². The van der Waals surface area contributed by atoms with Crippen LogP contribution in [-0.2, 0) is 30.0 Å². The van der Waals surface area contributed by atoms with E-state index in [0.29, 0.717) is 0 Å². The van der Waals surface area contributed by atoms with Crippen molar-refractivity contribution in [1.29, 1.82) is 0 Å². The first kappa shape index (κ1) is 22.5. The quantitative estimate of drug-likeness (QED) is 0.527. The fourth-order valence-corrected chi connectivity index (χ4v) is 3.51. The molecule has 1 rings (SSSR count). The van der Waals surface area contributed by atoms with Gasteiger partial charge in [0.15, 0.2) is 9.84 Å². The fraction of sp³-hybridized carbons (Fsp3) is 0.438. The molecule has 0 saturated carbocycles. The Hall–Kier alpha value is -2.56. The first-order chi connectivity index (χ1) is 12.6. The van der Waals surface area contributed by atoms with Gasteiger partial charge in [0.1, 0.15) is 5.75 Å². The predicted molar refractivity (Wildman–Crippen MR) is 90.0 cm³/mol. The number of para-hydroxylation sites is 1. The molecule has 1 unspecified atom stereocenters. The van der Waals surface area contributed by atoms with Crippen molar-refractivity contribution in [1.82, 2.24) is 5.32 Å². The highest BCUT2D eigenvalue weighted by molar-refractivity contribution is 7.90. The standard InChI is InChI=1S/C16H19F2NO7S/c1-2-11(14(21)15(22)23)19-13(20)7-8-27(24,25)9-10-5-3-4-6-12(10)26-16(17)18/h3-6,11,16H,2,7-9H2,1H3,(H,19,20)(H,22,23). The third kappa shape index (κ3) is 7.69. The van der Waals surface area contributed by atoms with E-state index in [-0.39, 0.29) is 17.7 Å². The number of alkyl halides is 2. The lowest BCUT2D eigenvalue weighted by atomic mass is 10.1. The average Bonchev–Trinajstić information content (AvgIpc) is 2.58. The minimum absolute atomic E-state index is 0.0192. The Morgan fingerprint density at radius 1 is 1.22 bits per heavy atom. The summed E-state index contributed by atoms with van der Waals surface area (Å²) in [5.41, 5.74) is 0.0192. The van der Waals surface area contributed by atoms with Crippen LogP contribution in [0.4, 0.5) is 8.78 Å². The molecule has 0 radical (unpaired) electrons. The van der Waals surface area contributed by atoms with Gasteiger partial charge in [-0.05, 0) is 12.5 Å². The Labute approximate surface area is 154 Å². The Morgan fingerprint density at radius 3 is 2.41 bits per heavy atom. The number of halogens is 2. The van der Waals surface area contributed by atoms with E-state index in [4.69, 9.17) is 5.11 Å². The van der Waals surface area contributed by atoms with Crippen LogP contribution in [0.15, 0.2) is 24.3 Å². The van der Waals surface area contributed by atoms with E-state index in [9.17, 15) is 31.6 Å². The van der Waals surface area contributed by atoms with Crippen molar-refractivity contribution in [2.45, 2.75) is 38.2 Å². The molecule has 1 amide bonds. The number of sulfone groups is 1. The number of hydrogen-bond donors (Lipinski definition) is 2. The van der Waals surface area contributed by atoms with Gasteiger partial charge >= 0.3 is 12.6 Å². The van der Waals surface area contributed by atoms with Crippen molar-refractivity contribution in [3.05, 3.63) is 29.8 Å². The molecule has 0 aromatic heterocycles. The SMILES string of the molecule is CCC(NC(=O)CCS(=O)(=O)Cc1ccccc1OC(F)F)C(=O)C(=O)O. The summed E-state index contributed by atoms with van der Waals surface area (Å²) in [6, 6.07) is 4.13. The molecule has 1 aromatic rings. The number of rotatable bonds is 11. The van der Waals surface area contributed by atoms with Crippen LogP contribution in [-0.4, -0.2) is 49.6 Å². The number of carboxylic acid groups (broad SMARTS) is 1. The molecule has 1 atom stereocenters. The zero-order chi connectivity index (χ0) is 20.6. The molecule has 2 N–H and O–H groups in total. The minimum atomic E-state index is -3.85. The van der Waals surface area contributed by atoms with Gasteiger partial charge in [0.2, 0.25) is 5.91 Å². The van der Waals surface area contributed by atoms with Gasteiger partial charge in [0.25, 0.3) is 5.78 Å². The maximum Gasteiger partial charge on any atom is 0.387 e. The van der Waals surface area contributed by atoms with Crippen molar-refractivity contribution in [2.24, 2.45) is 0 Å². The molecule has 0 heterocycles. The number of ketones is 1. The Kier molecular flexibility index (Phi) is 8.29. The minimum Gasteiger partial charge on any atom is -0.475 e. The van der Waals surface area contributed by atoms with Crippen LogP contribution in [0.25, 0.3) is 0 Å². The summed E-state index contributed by atoms with van der Waals surface area (Å²) in [5.74, 6) is -5.22. The lowest BCUT2D eigenvalue weighted by molar-refractivity contribution is -0.150. The topological polar surface area (TPSA) is 127 Å². The molecule has 1 aromatic carbocycles. The number of nitrogens with one attached hydrogen (secondary N) is 1. The molecule has 27 heavy (non-hydrogen) atoms. The normalized spacial score (nSPS) is 12.4. The average molecular weight is 407 g/mol. The van der Waals surface area contributed by atoms with Gasteiger partial charge < -0.3 is 15.2 Å². The van der Waals surface area contributed by atoms with E-state index in [1.807, 2.05) is 0 Å². The third-order valence-corrected chi connectivity index (χ3v) is 5.05. The summed E-state index contributed by atoms with van der Waals surface area (Å²) in [5, 5.41) is 10.8. The van der Waals surface area contributed by atoms with Gasteiger partial charge in [-0.1, -0.05) is 25.1 Å². The zero-order valence-electron chi connectivity index (χ0n) is 14.4. The van der Waals surface area contributed by atoms with Crippen LogP contribution in [0.3, 0.4) is 0 Å². The first-order valence-corrected chi connectivity index (χ1v) is 9.67. The predicted octanol–water partition coefficient (Wildman–Crippen LogP) is 1.14. The molecule has 0 bridgehead atoms. The highest BCUT2D eigenvalue weighted by Gasteiger charge is 2.25. The smallest absolute Gasteiger partial charge is 0.387 e. The van der Waals surface area contributed by atoms with Crippen LogP contribution in [0.5, 0.6) is 5.75 Å². The van der Waals surface area contributed by atoms with Gasteiger partial charge in [0.05, 0.1) is 17.5 Å². The van der Waals surface area contributed by atoms with E-state index in [0.717, 1.165) is 0 Å². The second-order valence-corrected chi connectivity index (χ2v) is 7.71. The van der Waals surface area contributed by atoms with E-state index in [1.54, 1.807) is 0 Å². The monoisotopic (exact) mass is 407 g/mol. The highest BCUT2D eigenvalue weighted by atomic mass is 32.2. The molecule has 11 heteroatoms. The van der Waals surface area contributed by atoms with E-state index >= 15 is 0 Å². The molecule has 0 aliphatic rings. The Bertz CT molecular complexity index is 796. The van der Waals surface area contributed by atoms with Crippen molar-refractivity contribution in [2.75, 3.05) is 5.75 Å². The van der Waals surface area contributed by atoms with Gasteiger partial charge in [-0.25, -0.2) is 13.2 Å². The van der Waals surface area contributed by atoms with Crippen LogP contribution in [0, 0.1) is 0 Å². The van der Waals surface area contributed by atoms with Crippen molar-refractivity contribution >= 4 is 27.5 Å². The molecular weight excluding hydrogens is 388 g/mol. The van der Waals surface area contributed by atoms with Crippen LogP contribution >= 0.6 is 0 Å². The number of carbonyl (C=O) groups excluding carboxylic acids is 2. The summed E-state index contributed by atoms with van der Waals surface area (Å²) in [7, 11) is -3.85. The summed E-state index contributed by atoms with van der Waals surface area (Å²) in [6.07, 6.45) is -0.481. The fourth-order valence-electron chi connectivity index (χ4n) is 2.16. The maximum atomic E-state index is 12.4. The van der Waals surface area contributed by atoms with Gasteiger partial charge in [-0.2, -0.15) is 8.78 Å². The first-order valence-electron chi connectivity index (χ1n) is 7.85. The van der Waals surface area contributed by atoms with Crippen molar-refractivity contribution < 1.29 is 41.4 Å². The summed E-state index contributed by atoms with van der Waals surface area (Å²) >= 11 is 0. The number of carbonyl (C=O) groups is 3. The van der Waals surface area contributed by atoms with Crippen molar-refractivity contribution in [3.63, 3.8) is 0 Å². The van der Waals surface area contributed by atoms with E-state index in [2.05, 4.69) is 10.1 Å². The number of benzene rings is 1. The van der Waals surface area contributed by atoms with Gasteiger partial charge in [-0.15, -0.1) is 0 Å². The molecule has 150 valence electrons. The highest BCUT2D eigenvalue weighted by Crippen LogP contribution is 2.22. The molecule has 0 aliphatic heterocycles. The van der Waals surface area contributed by atoms with Crippen LogP contribution in [0.1, 0.15) is 25.3 Å². The molecule has 0 aliphatic carbocycles. The molecular formula is C16H19F2NO7S.